The first-order chi connectivity index (χ1) is 24.5. The number of carboxylic acids is 1. The van der Waals surface area contributed by atoms with Gasteiger partial charge < -0.3 is 24.4 Å². The number of halogens is 7. The number of nitrogens with zero attached hydrogens (tertiary/aromatic N) is 3. The molecule has 17 heteroatoms. The van der Waals surface area contributed by atoms with Crippen LogP contribution in [0.2, 0.25) is 5.02 Å². The highest BCUT2D eigenvalue weighted by Gasteiger charge is 2.57. The lowest BCUT2D eigenvalue weighted by Gasteiger charge is -2.51. The van der Waals surface area contributed by atoms with Crippen LogP contribution in [0.1, 0.15) is 71.1 Å². The number of piperidine rings is 1. The third-order valence-corrected chi connectivity index (χ3v) is 10.6. The Hall–Kier alpha value is -3.89. The van der Waals surface area contributed by atoms with E-state index in [9.17, 15) is 41.0 Å². The van der Waals surface area contributed by atoms with Gasteiger partial charge in [0.05, 0.1) is 24.1 Å². The Morgan fingerprint density at radius 1 is 1.10 bits per heavy atom. The number of carbonyl (C=O) groups excluding carboxylic acids is 2. The Morgan fingerprint density at radius 3 is 2.48 bits per heavy atom. The number of ether oxygens (including phenoxy) is 2. The quantitative estimate of drug-likeness (QED) is 0.199. The summed E-state index contributed by atoms with van der Waals surface area (Å²) >= 11 is 6.62. The maximum Gasteiger partial charge on any atom is 0.425 e. The summed E-state index contributed by atoms with van der Waals surface area (Å²) in [7, 11) is 1.34. The standard InChI is InChI=1S/C35H36ClF6N3O6S/c1-3-6-27-33(51-25-16-28(52-19-25)35(40,41)42,10-5-12-44(27)30(46)29-26(34(37,38)39)7-4-11-43-29)32(49)45-17-20-8-9-23(36)13-21(20)14-24(45)15-22(18-50-2)31(47)48/h4,7-9,11,13,16,19,22,24,27H,3,5-6,10,12,14-15,17-18H2,1-2H3,(H,47,48)/t22-,24-,27-,33-/m1/s1. The third kappa shape index (κ3) is 8.18. The monoisotopic (exact) mass is 775 g/mol. The van der Waals surface area contributed by atoms with Crippen molar-refractivity contribution in [1.29, 1.82) is 0 Å². The number of likely N-dealkylation sites (tertiary alicyclic amines) is 1. The Morgan fingerprint density at radius 2 is 1.85 bits per heavy atom. The molecule has 2 aromatic heterocycles. The van der Waals surface area contributed by atoms with Gasteiger partial charge in [-0.05, 0) is 61.1 Å². The molecule has 4 atom stereocenters. The van der Waals surface area contributed by atoms with Crippen molar-refractivity contribution in [2.24, 2.45) is 5.92 Å². The van der Waals surface area contributed by atoms with Gasteiger partial charge in [0.15, 0.2) is 0 Å². The second-order valence-corrected chi connectivity index (χ2v) is 14.2. The molecule has 0 spiro atoms. The number of amides is 2. The summed E-state index contributed by atoms with van der Waals surface area (Å²) in [5, 5.41) is 11.5. The minimum absolute atomic E-state index is 0.0219. The number of fused-ring (bicyclic) bond motifs is 1. The molecule has 1 saturated heterocycles. The summed E-state index contributed by atoms with van der Waals surface area (Å²) in [6, 6.07) is 5.49. The first-order valence-corrected chi connectivity index (χ1v) is 17.7. The van der Waals surface area contributed by atoms with E-state index >= 15 is 4.79 Å². The topological polar surface area (TPSA) is 109 Å². The molecule has 4 heterocycles. The number of aromatic nitrogens is 1. The molecular formula is C35H36ClF6N3O6S. The molecule has 1 N–H and O–H groups in total. The highest BCUT2D eigenvalue weighted by molar-refractivity contribution is 7.10. The summed E-state index contributed by atoms with van der Waals surface area (Å²) in [5.41, 5.74) is -2.83. The second kappa shape index (κ2) is 15.6. The van der Waals surface area contributed by atoms with E-state index in [-0.39, 0.29) is 57.6 Å². The number of aliphatic carboxylic acids is 1. The highest BCUT2D eigenvalue weighted by atomic mass is 35.5. The number of alkyl halides is 6. The summed E-state index contributed by atoms with van der Waals surface area (Å²) in [6.45, 7) is 1.39. The number of hydrogen-bond donors (Lipinski definition) is 1. The predicted molar refractivity (Wildman–Crippen MR) is 178 cm³/mol. The zero-order valence-corrected chi connectivity index (χ0v) is 29.7. The molecule has 2 amide bonds. The summed E-state index contributed by atoms with van der Waals surface area (Å²) < 4.78 is 95.0. The smallest absolute Gasteiger partial charge is 0.425 e. The van der Waals surface area contributed by atoms with Crippen LogP contribution >= 0.6 is 22.9 Å². The van der Waals surface area contributed by atoms with E-state index in [4.69, 9.17) is 21.1 Å². The third-order valence-electron chi connectivity index (χ3n) is 9.46. The van der Waals surface area contributed by atoms with E-state index in [0.29, 0.717) is 28.3 Å². The molecule has 1 fully saturated rings. The average molecular weight is 776 g/mol. The van der Waals surface area contributed by atoms with Gasteiger partial charge in [-0.3, -0.25) is 19.4 Å². The normalized spacial score (nSPS) is 21.4. The molecule has 9 nitrogen and oxygen atoms in total. The van der Waals surface area contributed by atoms with E-state index in [0.717, 1.165) is 40.2 Å². The molecule has 0 bridgehead atoms. The number of thiophene rings is 1. The molecule has 0 saturated carbocycles. The van der Waals surface area contributed by atoms with Crippen LogP contribution in [0.25, 0.3) is 0 Å². The number of carbonyl (C=O) groups is 3. The highest BCUT2D eigenvalue weighted by Crippen LogP contribution is 2.44. The molecule has 5 rings (SSSR count). The van der Waals surface area contributed by atoms with Crippen LogP contribution < -0.4 is 4.74 Å². The van der Waals surface area contributed by atoms with Crippen molar-refractivity contribution >= 4 is 40.7 Å². The number of pyridine rings is 1. The number of carboxylic acid groups (broad SMARTS) is 1. The second-order valence-electron chi connectivity index (χ2n) is 12.9. The van der Waals surface area contributed by atoms with Crippen LogP contribution in [0.5, 0.6) is 5.75 Å². The van der Waals surface area contributed by atoms with Crippen LogP contribution in [0.4, 0.5) is 26.3 Å². The molecule has 52 heavy (non-hydrogen) atoms. The first kappa shape index (κ1) is 39.3. The van der Waals surface area contributed by atoms with E-state index < -0.39 is 69.9 Å². The van der Waals surface area contributed by atoms with Crippen LogP contribution in [-0.4, -0.2) is 75.6 Å². The molecule has 0 unspecified atom stereocenters. The fourth-order valence-corrected chi connectivity index (χ4v) is 8.02. The van der Waals surface area contributed by atoms with E-state index in [2.05, 4.69) is 4.98 Å². The number of methoxy groups -OCH3 is 1. The molecular weight excluding hydrogens is 740 g/mol. The lowest BCUT2D eigenvalue weighted by atomic mass is 9.78. The van der Waals surface area contributed by atoms with Crippen molar-refractivity contribution in [1.82, 2.24) is 14.8 Å². The zero-order chi connectivity index (χ0) is 38.0. The number of benzene rings is 1. The van der Waals surface area contributed by atoms with Crippen LogP contribution in [0.3, 0.4) is 0 Å². The van der Waals surface area contributed by atoms with Gasteiger partial charge in [0.25, 0.3) is 11.8 Å². The average Bonchev–Trinajstić information content (AvgIpc) is 3.57. The van der Waals surface area contributed by atoms with Gasteiger partial charge in [0.1, 0.15) is 16.3 Å². The van der Waals surface area contributed by atoms with Crippen molar-refractivity contribution in [2.75, 3.05) is 20.3 Å². The largest absolute Gasteiger partial charge is 0.481 e. The fraction of sp³-hybridized carbons (Fsp3) is 0.486. The molecule has 1 aromatic carbocycles. The van der Waals surface area contributed by atoms with Crippen LogP contribution in [-0.2, 0) is 39.6 Å². The van der Waals surface area contributed by atoms with Crippen molar-refractivity contribution in [3.8, 4) is 5.75 Å². The van der Waals surface area contributed by atoms with Gasteiger partial charge >= 0.3 is 18.3 Å². The lowest BCUT2D eigenvalue weighted by molar-refractivity contribution is -0.164. The maximum absolute atomic E-state index is 15.3. The van der Waals surface area contributed by atoms with E-state index in [1.807, 2.05) is 0 Å². The molecule has 3 aromatic rings. The molecule has 0 aliphatic carbocycles. The van der Waals surface area contributed by atoms with Gasteiger partial charge in [-0.25, -0.2) is 0 Å². The summed E-state index contributed by atoms with van der Waals surface area (Å²) in [5.74, 6) is -4.40. The molecule has 2 aliphatic heterocycles. The van der Waals surface area contributed by atoms with Crippen LogP contribution in [0, 0.1) is 5.92 Å². The summed E-state index contributed by atoms with van der Waals surface area (Å²) in [4.78, 5) is 47.0. The van der Waals surface area contributed by atoms with E-state index in [1.165, 1.54) is 12.0 Å². The number of hydrogen-bond acceptors (Lipinski definition) is 7. The van der Waals surface area contributed by atoms with Gasteiger partial charge in [-0.1, -0.05) is 31.0 Å². The Bertz CT molecular complexity index is 1790. The lowest BCUT2D eigenvalue weighted by Crippen LogP contribution is -2.69. The van der Waals surface area contributed by atoms with Crippen molar-refractivity contribution in [3.05, 3.63) is 80.3 Å². The number of rotatable bonds is 11. The van der Waals surface area contributed by atoms with Crippen molar-refractivity contribution < 1.29 is 55.3 Å². The van der Waals surface area contributed by atoms with Crippen LogP contribution in [0.15, 0.2) is 48.0 Å². The zero-order valence-electron chi connectivity index (χ0n) is 28.1. The van der Waals surface area contributed by atoms with Gasteiger partial charge in [-0.15, -0.1) is 11.3 Å². The minimum Gasteiger partial charge on any atom is -0.481 e. The van der Waals surface area contributed by atoms with Gasteiger partial charge in [0, 0.05) is 55.3 Å². The van der Waals surface area contributed by atoms with Gasteiger partial charge in [-0.2, -0.15) is 26.3 Å². The van der Waals surface area contributed by atoms with E-state index in [1.54, 1.807) is 25.1 Å². The maximum atomic E-state index is 15.3. The first-order valence-electron chi connectivity index (χ1n) is 16.5. The van der Waals surface area contributed by atoms with Crippen molar-refractivity contribution in [2.45, 2.75) is 82.0 Å². The van der Waals surface area contributed by atoms with Crippen molar-refractivity contribution in [3.63, 3.8) is 0 Å². The Balaban J connectivity index is 1.66. The fourth-order valence-electron chi connectivity index (χ4n) is 7.15. The predicted octanol–water partition coefficient (Wildman–Crippen LogP) is 7.75. The molecule has 282 valence electrons. The minimum atomic E-state index is -4.94. The summed E-state index contributed by atoms with van der Waals surface area (Å²) in [6.07, 6.45) is -8.30. The Kier molecular flexibility index (Phi) is 11.8. The Labute approximate surface area is 304 Å². The van der Waals surface area contributed by atoms with Gasteiger partial charge in [0.2, 0.25) is 5.60 Å². The SMILES string of the molecule is CCC[C@H]1N(C(=O)c2ncccc2C(F)(F)F)CCC[C@]1(Oc1csc(C(F)(F)F)c1)C(=O)N1Cc2ccc(Cl)cc2C[C@@H]1C[C@H](COC)C(=O)O. The molecule has 2 aliphatic rings. The molecule has 0 radical (unpaired) electrons.